The predicted molar refractivity (Wildman–Crippen MR) is 79.3 cm³/mol. The average molecular weight is 255 g/mol. The molecular weight excluding hydrogens is 234 g/mol. The first kappa shape index (κ1) is 13.6. The highest BCUT2D eigenvalue weighted by Crippen LogP contribution is 2.26. The lowest BCUT2D eigenvalue weighted by molar-refractivity contribution is 0.187. The van der Waals surface area contributed by atoms with Gasteiger partial charge in [0.15, 0.2) is 0 Å². The average Bonchev–Trinajstić information content (AvgIpc) is 2.38. The Balaban J connectivity index is 2.19. The van der Waals surface area contributed by atoms with E-state index in [0.717, 1.165) is 12.2 Å². The summed E-state index contributed by atoms with van der Waals surface area (Å²) in [5, 5.41) is 0. The summed E-state index contributed by atoms with van der Waals surface area (Å²) in [5.74, 6) is 0.898. The monoisotopic (exact) mass is 255 g/mol. The zero-order valence-electron chi connectivity index (χ0n) is 11.5. The van der Waals surface area contributed by atoms with Crippen molar-refractivity contribution in [3.05, 3.63) is 65.7 Å². The van der Waals surface area contributed by atoms with E-state index in [4.69, 9.17) is 10.5 Å². The largest absolute Gasteiger partial charge is 0.486 e. The molecule has 2 rings (SSSR count). The zero-order chi connectivity index (χ0) is 13.7. The van der Waals surface area contributed by atoms with Crippen LogP contribution in [0.15, 0.2) is 54.6 Å². The maximum Gasteiger partial charge on any atom is 0.125 e. The highest BCUT2D eigenvalue weighted by molar-refractivity contribution is 5.29. The molecule has 2 unspecified atom stereocenters. The maximum absolute atomic E-state index is 6.11. The lowest BCUT2D eigenvalue weighted by atomic mass is 10.0. The number of hydrogen-bond donors (Lipinski definition) is 1. The van der Waals surface area contributed by atoms with Gasteiger partial charge in [0.2, 0.25) is 0 Å². The summed E-state index contributed by atoms with van der Waals surface area (Å²) >= 11 is 0. The fourth-order valence-corrected chi connectivity index (χ4v) is 2.11. The molecular formula is C17H21NO. The third kappa shape index (κ3) is 4.11. The topological polar surface area (TPSA) is 35.2 Å². The van der Waals surface area contributed by atoms with Crippen molar-refractivity contribution < 1.29 is 4.74 Å². The third-order valence-corrected chi connectivity index (χ3v) is 3.03. The Morgan fingerprint density at radius 2 is 1.79 bits per heavy atom. The van der Waals surface area contributed by atoms with Crippen LogP contribution in [-0.2, 0) is 0 Å². The first-order chi connectivity index (χ1) is 9.15. The van der Waals surface area contributed by atoms with Gasteiger partial charge >= 0.3 is 0 Å². The lowest BCUT2D eigenvalue weighted by Crippen LogP contribution is -2.21. The molecule has 19 heavy (non-hydrogen) atoms. The predicted octanol–water partition coefficient (Wildman–Crippen LogP) is 3.85. The van der Waals surface area contributed by atoms with Crippen molar-refractivity contribution in [2.24, 2.45) is 5.73 Å². The molecule has 2 N–H and O–H groups in total. The molecule has 0 aliphatic heterocycles. The van der Waals surface area contributed by atoms with Crippen LogP contribution in [0.3, 0.4) is 0 Å². The van der Waals surface area contributed by atoms with Crippen LogP contribution < -0.4 is 10.5 Å². The molecule has 2 heteroatoms. The Morgan fingerprint density at radius 3 is 2.42 bits per heavy atom. The first-order valence-electron chi connectivity index (χ1n) is 6.69. The first-order valence-corrected chi connectivity index (χ1v) is 6.69. The lowest BCUT2D eigenvalue weighted by Gasteiger charge is -2.21. The fraction of sp³-hybridized carbons (Fsp3) is 0.294. The van der Waals surface area contributed by atoms with E-state index in [-0.39, 0.29) is 12.1 Å². The molecule has 0 saturated heterocycles. The number of rotatable bonds is 5. The van der Waals surface area contributed by atoms with E-state index in [0.29, 0.717) is 0 Å². The number of ether oxygens (including phenoxy) is 1. The van der Waals surface area contributed by atoms with Crippen molar-refractivity contribution >= 4 is 0 Å². The molecule has 0 fully saturated rings. The van der Waals surface area contributed by atoms with E-state index in [1.54, 1.807) is 0 Å². The van der Waals surface area contributed by atoms with E-state index in [1.165, 1.54) is 11.1 Å². The van der Waals surface area contributed by atoms with Gasteiger partial charge in [-0.2, -0.15) is 0 Å². The van der Waals surface area contributed by atoms with E-state index in [1.807, 2.05) is 37.3 Å². The molecule has 0 radical (unpaired) electrons. The van der Waals surface area contributed by atoms with Crippen molar-refractivity contribution in [3.63, 3.8) is 0 Å². The van der Waals surface area contributed by atoms with Crippen molar-refractivity contribution in [3.8, 4) is 5.75 Å². The zero-order valence-corrected chi connectivity index (χ0v) is 11.5. The number of hydrogen-bond acceptors (Lipinski definition) is 2. The van der Waals surface area contributed by atoms with Gasteiger partial charge in [0.05, 0.1) is 0 Å². The minimum Gasteiger partial charge on any atom is -0.486 e. The Bertz CT molecular complexity index is 508. The molecule has 0 heterocycles. The number of nitrogens with two attached hydrogens (primary N) is 1. The molecule has 2 atom stereocenters. The molecule has 0 bridgehead atoms. The summed E-state index contributed by atoms with van der Waals surface area (Å²) < 4.78 is 6.11. The summed E-state index contributed by atoms with van der Waals surface area (Å²) in [6.07, 6.45) is 0.806. The van der Waals surface area contributed by atoms with Crippen LogP contribution in [-0.4, -0.2) is 6.04 Å². The van der Waals surface area contributed by atoms with Crippen molar-refractivity contribution in [2.45, 2.75) is 32.4 Å². The Morgan fingerprint density at radius 1 is 1.05 bits per heavy atom. The van der Waals surface area contributed by atoms with Gasteiger partial charge in [-0.15, -0.1) is 0 Å². The van der Waals surface area contributed by atoms with E-state index in [9.17, 15) is 0 Å². The van der Waals surface area contributed by atoms with Gasteiger partial charge in [-0.25, -0.2) is 0 Å². The molecule has 100 valence electrons. The second kappa shape index (κ2) is 6.39. The molecule has 2 aromatic carbocycles. The Kier molecular flexibility index (Phi) is 4.58. The highest BCUT2D eigenvalue weighted by Gasteiger charge is 2.15. The molecule has 0 saturated carbocycles. The Labute approximate surface area is 115 Å². The van der Waals surface area contributed by atoms with Crippen LogP contribution >= 0.6 is 0 Å². The molecule has 0 amide bonds. The maximum atomic E-state index is 6.11. The van der Waals surface area contributed by atoms with E-state index < -0.39 is 0 Å². The van der Waals surface area contributed by atoms with Gasteiger partial charge in [0.25, 0.3) is 0 Å². The summed E-state index contributed by atoms with van der Waals surface area (Å²) in [4.78, 5) is 0. The van der Waals surface area contributed by atoms with Gasteiger partial charge in [0, 0.05) is 12.5 Å². The van der Waals surface area contributed by atoms with Crippen molar-refractivity contribution in [1.29, 1.82) is 0 Å². The molecule has 0 aromatic heterocycles. The van der Waals surface area contributed by atoms with Gasteiger partial charge < -0.3 is 10.5 Å². The fourth-order valence-electron chi connectivity index (χ4n) is 2.11. The van der Waals surface area contributed by atoms with Crippen molar-refractivity contribution in [2.75, 3.05) is 0 Å². The number of benzene rings is 2. The summed E-state index contributed by atoms with van der Waals surface area (Å²) in [7, 11) is 0. The second-order valence-corrected chi connectivity index (χ2v) is 5.05. The normalized spacial score (nSPS) is 13.8. The van der Waals surface area contributed by atoms with Gasteiger partial charge in [0.1, 0.15) is 11.9 Å². The quantitative estimate of drug-likeness (QED) is 0.880. The van der Waals surface area contributed by atoms with E-state index >= 15 is 0 Å². The van der Waals surface area contributed by atoms with Crippen LogP contribution in [0.5, 0.6) is 5.75 Å². The Hall–Kier alpha value is -1.80. The van der Waals surface area contributed by atoms with Crippen LogP contribution in [0.25, 0.3) is 0 Å². The smallest absolute Gasteiger partial charge is 0.125 e. The molecule has 2 aromatic rings. The molecule has 0 spiro atoms. The van der Waals surface area contributed by atoms with Crippen LogP contribution in [0.1, 0.15) is 30.6 Å². The molecule has 2 nitrogen and oxygen atoms in total. The van der Waals surface area contributed by atoms with Gasteiger partial charge in [-0.1, -0.05) is 42.5 Å². The number of aryl methyl sites for hydroxylation is 1. The summed E-state index contributed by atoms with van der Waals surface area (Å²) in [6.45, 7) is 4.07. The summed E-state index contributed by atoms with van der Waals surface area (Å²) in [6, 6.07) is 18.5. The second-order valence-electron chi connectivity index (χ2n) is 5.05. The van der Waals surface area contributed by atoms with Crippen LogP contribution in [0.2, 0.25) is 0 Å². The van der Waals surface area contributed by atoms with Gasteiger partial charge in [-0.05, 0) is 37.1 Å². The minimum absolute atomic E-state index is 0.00278. The van der Waals surface area contributed by atoms with Crippen LogP contribution in [0, 0.1) is 6.92 Å². The van der Waals surface area contributed by atoms with Crippen LogP contribution in [0.4, 0.5) is 0 Å². The standard InChI is InChI=1S/C17H21NO/c1-13-7-6-10-16(11-13)19-17(12-14(2)18)15-8-4-3-5-9-15/h3-11,14,17H,12,18H2,1-2H3. The van der Waals surface area contributed by atoms with Crippen molar-refractivity contribution in [1.82, 2.24) is 0 Å². The minimum atomic E-state index is 0.00278. The SMILES string of the molecule is Cc1cccc(OC(CC(C)N)c2ccccc2)c1. The summed E-state index contributed by atoms with van der Waals surface area (Å²) in [5.41, 5.74) is 8.30. The van der Waals surface area contributed by atoms with E-state index in [2.05, 4.69) is 31.2 Å². The highest BCUT2D eigenvalue weighted by atomic mass is 16.5. The molecule has 0 aliphatic rings. The van der Waals surface area contributed by atoms with Gasteiger partial charge in [-0.3, -0.25) is 0 Å². The third-order valence-electron chi connectivity index (χ3n) is 3.03. The molecule has 0 aliphatic carbocycles.